The minimum atomic E-state index is -0.0520. The van der Waals surface area contributed by atoms with Crippen molar-refractivity contribution in [2.24, 2.45) is 0 Å². The molecule has 3 rings (SSSR count). The molecule has 0 unspecified atom stereocenters. The van der Waals surface area contributed by atoms with E-state index in [4.69, 9.17) is 4.74 Å². The molecule has 24 heavy (non-hydrogen) atoms. The lowest BCUT2D eigenvalue weighted by Crippen LogP contribution is -2.54. The molecule has 0 aliphatic carbocycles. The Morgan fingerprint density at radius 1 is 1.25 bits per heavy atom. The molecule has 3 atom stereocenters. The molecule has 3 aliphatic heterocycles. The van der Waals surface area contributed by atoms with E-state index in [9.17, 15) is 9.59 Å². The van der Waals surface area contributed by atoms with Crippen molar-refractivity contribution >= 4 is 11.8 Å². The second kappa shape index (κ2) is 7.80. The van der Waals surface area contributed by atoms with Crippen molar-refractivity contribution in [1.29, 1.82) is 0 Å². The Labute approximate surface area is 144 Å². The average Bonchev–Trinajstić information content (AvgIpc) is 2.93. The molecule has 1 N–H and O–H groups in total. The van der Waals surface area contributed by atoms with Crippen LogP contribution in [0, 0.1) is 0 Å². The quantitative estimate of drug-likeness (QED) is 0.750. The third kappa shape index (κ3) is 4.46. The SMILES string of the molecule is C[C@@H]1CN(C[C@H]2CCCN2CC(=O)N2CCNC(=O)C2)C[C@H](C)O1. The van der Waals surface area contributed by atoms with Gasteiger partial charge in [0.1, 0.15) is 0 Å². The maximum atomic E-state index is 12.5. The van der Waals surface area contributed by atoms with Crippen molar-refractivity contribution in [2.45, 2.75) is 44.9 Å². The minimum absolute atomic E-state index is 0.0520. The maximum absolute atomic E-state index is 12.5. The summed E-state index contributed by atoms with van der Waals surface area (Å²) < 4.78 is 5.81. The first-order valence-electron chi connectivity index (χ1n) is 9.17. The van der Waals surface area contributed by atoms with Crippen molar-refractivity contribution in [3.63, 3.8) is 0 Å². The summed E-state index contributed by atoms with van der Waals surface area (Å²) in [6, 6.07) is 0.435. The zero-order valence-electron chi connectivity index (χ0n) is 14.9. The standard InChI is InChI=1S/C17H30N4O3/c1-13-8-19(9-14(2)24-13)10-15-4-3-6-20(15)12-17(23)21-7-5-18-16(22)11-21/h13-15H,3-12H2,1-2H3,(H,18,22)/t13-,14+,15-/m1/s1. The van der Waals surface area contributed by atoms with Crippen LogP contribution in [0.25, 0.3) is 0 Å². The van der Waals surface area contributed by atoms with Crippen LogP contribution in [0.2, 0.25) is 0 Å². The number of amides is 2. The second-order valence-corrected chi connectivity index (χ2v) is 7.41. The smallest absolute Gasteiger partial charge is 0.239 e. The zero-order chi connectivity index (χ0) is 17.1. The van der Waals surface area contributed by atoms with Crippen LogP contribution in [0.4, 0.5) is 0 Å². The third-order valence-electron chi connectivity index (χ3n) is 5.19. The van der Waals surface area contributed by atoms with Gasteiger partial charge in [0.25, 0.3) is 0 Å². The molecule has 7 nitrogen and oxygen atoms in total. The van der Waals surface area contributed by atoms with Gasteiger partial charge in [0.15, 0.2) is 0 Å². The average molecular weight is 338 g/mol. The van der Waals surface area contributed by atoms with E-state index in [1.807, 2.05) is 0 Å². The van der Waals surface area contributed by atoms with Crippen LogP contribution in [0.3, 0.4) is 0 Å². The highest BCUT2D eigenvalue weighted by atomic mass is 16.5. The van der Waals surface area contributed by atoms with Crippen LogP contribution in [-0.2, 0) is 14.3 Å². The molecule has 0 radical (unpaired) electrons. The van der Waals surface area contributed by atoms with Gasteiger partial charge in [0.05, 0.1) is 25.3 Å². The van der Waals surface area contributed by atoms with Crippen LogP contribution in [0.5, 0.6) is 0 Å². The molecule has 0 aromatic rings. The Morgan fingerprint density at radius 3 is 2.71 bits per heavy atom. The van der Waals surface area contributed by atoms with E-state index in [-0.39, 0.29) is 30.6 Å². The number of rotatable bonds is 4. The topological polar surface area (TPSA) is 65.1 Å². The van der Waals surface area contributed by atoms with Crippen LogP contribution in [-0.4, -0.2) is 97.1 Å². The van der Waals surface area contributed by atoms with E-state index in [1.54, 1.807) is 4.90 Å². The van der Waals surface area contributed by atoms with Crippen molar-refractivity contribution in [1.82, 2.24) is 20.0 Å². The molecular weight excluding hydrogens is 308 g/mol. The van der Waals surface area contributed by atoms with Gasteiger partial charge in [0.2, 0.25) is 11.8 Å². The Bertz CT molecular complexity index is 463. The highest BCUT2D eigenvalue weighted by Gasteiger charge is 2.32. The van der Waals surface area contributed by atoms with Gasteiger partial charge in [-0.1, -0.05) is 0 Å². The van der Waals surface area contributed by atoms with Crippen LogP contribution in [0.1, 0.15) is 26.7 Å². The van der Waals surface area contributed by atoms with Crippen LogP contribution >= 0.6 is 0 Å². The van der Waals surface area contributed by atoms with E-state index in [0.29, 0.717) is 25.7 Å². The number of ether oxygens (including phenoxy) is 1. The number of morpholine rings is 1. The Kier molecular flexibility index (Phi) is 5.73. The number of likely N-dealkylation sites (tertiary alicyclic amines) is 1. The molecule has 2 amide bonds. The monoisotopic (exact) mass is 338 g/mol. The second-order valence-electron chi connectivity index (χ2n) is 7.41. The fourth-order valence-corrected chi connectivity index (χ4v) is 4.17. The molecule has 7 heteroatoms. The van der Waals surface area contributed by atoms with Crippen molar-refractivity contribution in [2.75, 3.05) is 52.4 Å². The number of nitrogens with zero attached hydrogens (tertiary/aromatic N) is 3. The van der Waals surface area contributed by atoms with Crippen molar-refractivity contribution < 1.29 is 14.3 Å². The summed E-state index contributed by atoms with van der Waals surface area (Å²) in [6.07, 6.45) is 2.84. The van der Waals surface area contributed by atoms with Gasteiger partial charge >= 0.3 is 0 Å². The molecule has 3 saturated heterocycles. The molecule has 136 valence electrons. The summed E-state index contributed by atoms with van der Waals surface area (Å²) in [7, 11) is 0. The zero-order valence-corrected chi connectivity index (χ0v) is 14.9. The maximum Gasteiger partial charge on any atom is 0.239 e. The first kappa shape index (κ1) is 17.6. The predicted molar refractivity (Wildman–Crippen MR) is 90.6 cm³/mol. The molecular formula is C17H30N4O3. The lowest BCUT2D eigenvalue weighted by Gasteiger charge is -2.38. The van der Waals surface area contributed by atoms with Crippen LogP contribution < -0.4 is 5.32 Å². The number of carbonyl (C=O) groups excluding carboxylic acids is 2. The number of hydrogen-bond donors (Lipinski definition) is 1. The van der Waals surface area contributed by atoms with Crippen molar-refractivity contribution in [3.8, 4) is 0 Å². The predicted octanol–water partition coefficient (Wildman–Crippen LogP) is -0.482. The Balaban J connectivity index is 1.51. The fourth-order valence-electron chi connectivity index (χ4n) is 4.17. The molecule has 0 saturated carbocycles. The van der Waals surface area contributed by atoms with Gasteiger partial charge < -0.3 is 15.0 Å². The summed E-state index contributed by atoms with van der Waals surface area (Å²) in [4.78, 5) is 30.4. The summed E-state index contributed by atoms with van der Waals surface area (Å²) in [5, 5.41) is 2.77. The van der Waals surface area contributed by atoms with E-state index < -0.39 is 0 Å². The highest BCUT2D eigenvalue weighted by Crippen LogP contribution is 2.20. The molecule has 3 heterocycles. The molecule has 3 aliphatic rings. The first-order valence-corrected chi connectivity index (χ1v) is 9.17. The Morgan fingerprint density at radius 2 is 2.00 bits per heavy atom. The van der Waals surface area contributed by atoms with Crippen LogP contribution in [0.15, 0.2) is 0 Å². The van der Waals surface area contributed by atoms with Gasteiger partial charge in [-0.3, -0.25) is 19.4 Å². The summed E-state index contributed by atoms with van der Waals surface area (Å²) in [5.74, 6) is 0.0318. The number of piperazine rings is 1. The molecule has 0 spiro atoms. The van der Waals surface area contributed by atoms with Gasteiger partial charge in [-0.05, 0) is 33.2 Å². The number of nitrogens with one attached hydrogen (secondary N) is 1. The molecule has 0 aromatic heterocycles. The van der Waals surface area contributed by atoms with Crippen molar-refractivity contribution in [3.05, 3.63) is 0 Å². The van der Waals surface area contributed by atoms with E-state index in [0.717, 1.165) is 39.0 Å². The summed E-state index contributed by atoms with van der Waals surface area (Å²) >= 11 is 0. The molecule has 0 bridgehead atoms. The molecule has 0 aromatic carbocycles. The molecule has 3 fully saturated rings. The van der Waals surface area contributed by atoms with Gasteiger partial charge in [0, 0.05) is 38.8 Å². The third-order valence-corrected chi connectivity index (χ3v) is 5.19. The largest absolute Gasteiger partial charge is 0.373 e. The van der Waals surface area contributed by atoms with Gasteiger partial charge in [-0.25, -0.2) is 0 Å². The first-order chi connectivity index (χ1) is 11.5. The normalized spacial score (nSPS) is 32.8. The van der Waals surface area contributed by atoms with Gasteiger partial charge in [-0.2, -0.15) is 0 Å². The summed E-state index contributed by atoms with van der Waals surface area (Å²) in [6.45, 7) is 10.0. The number of hydrogen-bond acceptors (Lipinski definition) is 5. The summed E-state index contributed by atoms with van der Waals surface area (Å²) in [5.41, 5.74) is 0. The fraction of sp³-hybridized carbons (Fsp3) is 0.882. The lowest BCUT2D eigenvalue weighted by molar-refractivity contribution is -0.139. The minimum Gasteiger partial charge on any atom is -0.373 e. The van der Waals surface area contributed by atoms with E-state index in [1.165, 1.54) is 0 Å². The Hall–Kier alpha value is -1.18. The highest BCUT2D eigenvalue weighted by molar-refractivity contribution is 5.86. The lowest BCUT2D eigenvalue weighted by atomic mass is 10.1. The van der Waals surface area contributed by atoms with Gasteiger partial charge in [-0.15, -0.1) is 0 Å². The number of carbonyl (C=O) groups is 2. The van der Waals surface area contributed by atoms with E-state index in [2.05, 4.69) is 29.0 Å². The van der Waals surface area contributed by atoms with E-state index >= 15 is 0 Å².